The van der Waals surface area contributed by atoms with Crippen molar-refractivity contribution >= 4 is 13.3 Å². The first-order valence-electron chi connectivity index (χ1n) is 5.77. The Kier molecular flexibility index (Phi) is 4.39. The number of ether oxygens (including phenoxy) is 1. The average Bonchev–Trinajstić information content (AvgIpc) is 2.18. The Labute approximate surface area is 94.5 Å². The summed E-state index contributed by atoms with van der Waals surface area (Å²) in [7, 11) is -1.15. The predicted molar refractivity (Wildman–Crippen MR) is 69.8 cm³/mol. The van der Waals surface area contributed by atoms with Gasteiger partial charge in [-0.1, -0.05) is 50.3 Å². The van der Waals surface area contributed by atoms with Crippen LogP contribution >= 0.6 is 0 Å². The van der Waals surface area contributed by atoms with Crippen molar-refractivity contribution in [1.82, 2.24) is 0 Å². The zero-order valence-electron chi connectivity index (χ0n) is 10.3. The molecule has 0 radical (unpaired) electrons. The summed E-state index contributed by atoms with van der Waals surface area (Å²) in [5, 5.41) is 1.49. The van der Waals surface area contributed by atoms with Crippen molar-refractivity contribution in [3.8, 4) is 5.75 Å². The van der Waals surface area contributed by atoms with E-state index in [0.29, 0.717) is 0 Å². The maximum absolute atomic E-state index is 5.63. The molecular weight excluding hydrogens is 200 g/mol. The zero-order chi connectivity index (χ0) is 11.3. The van der Waals surface area contributed by atoms with Gasteiger partial charge in [-0.2, -0.15) is 0 Å². The highest BCUT2D eigenvalue weighted by Gasteiger charge is 2.15. The van der Waals surface area contributed by atoms with Gasteiger partial charge in [0.1, 0.15) is 5.75 Å². The van der Waals surface area contributed by atoms with E-state index < -0.39 is 8.07 Å². The van der Waals surface area contributed by atoms with Gasteiger partial charge in [-0.15, -0.1) is 0 Å². The third kappa shape index (κ3) is 4.08. The van der Waals surface area contributed by atoms with Crippen LogP contribution in [0.15, 0.2) is 24.3 Å². The molecule has 0 saturated heterocycles. The second-order valence-electron chi connectivity index (χ2n) is 4.98. The molecule has 0 fully saturated rings. The molecule has 1 aromatic carbocycles. The van der Waals surface area contributed by atoms with E-state index in [4.69, 9.17) is 4.74 Å². The lowest BCUT2D eigenvalue weighted by Crippen LogP contribution is -2.37. The highest BCUT2D eigenvalue weighted by molar-refractivity contribution is 6.88. The molecule has 0 aliphatic heterocycles. The van der Waals surface area contributed by atoms with Crippen molar-refractivity contribution in [2.24, 2.45) is 0 Å². The molecule has 0 aromatic heterocycles. The van der Waals surface area contributed by atoms with Crippen LogP contribution in [-0.2, 0) is 0 Å². The van der Waals surface area contributed by atoms with Crippen LogP contribution in [0.1, 0.15) is 19.8 Å². The molecule has 0 saturated carbocycles. The molecular formula is C13H22OSi. The maximum atomic E-state index is 5.63. The first kappa shape index (κ1) is 12.3. The Morgan fingerprint density at radius 3 is 2.13 bits per heavy atom. The van der Waals surface area contributed by atoms with Crippen LogP contribution in [0.25, 0.3) is 0 Å². The van der Waals surface area contributed by atoms with E-state index in [1.165, 1.54) is 11.6 Å². The van der Waals surface area contributed by atoms with Gasteiger partial charge in [0.05, 0.1) is 14.7 Å². The smallest absolute Gasteiger partial charge is 0.119 e. The maximum Gasteiger partial charge on any atom is 0.119 e. The summed E-state index contributed by atoms with van der Waals surface area (Å²) in [6.45, 7) is 10.1. The van der Waals surface area contributed by atoms with Gasteiger partial charge < -0.3 is 4.74 Å². The summed E-state index contributed by atoms with van der Waals surface area (Å²) >= 11 is 0. The third-order valence-electron chi connectivity index (χ3n) is 2.49. The summed E-state index contributed by atoms with van der Waals surface area (Å²) in [5.41, 5.74) is 0. The summed E-state index contributed by atoms with van der Waals surface area (Å²) in [6.07, 6.45) is 2.32. The molecule has 1 nitrogen and oxygen atoms in total. The fourth-order valence-corrected chi connectivity index (χ4v) is 2.55. The highest BCUT2D eigenvalue weighted by Crippen LogP contribution is 2.11. The molecule has 0 aliphatic carbocycles. The molecule has 15 heavy (non-hydrogen) atoms. The number of hydrogen-bond acceptors (Lipinski definition) is 1. The normalized spacial score (nSPS) is 11.5. The zero-order valence-corrected chi connectivity index (χ0v) is 11.3. The fourth-order valence-electron chi connectivity index (χ4n) is 1.39. The largest absolute Gasteiger partial charge is 0.494 e. The van der Waals surface area contributed by atoms with Crippen molar-refractivity contribution < 1.29 is 4.74 Å². The molecule has 1 rings (SSSR count). The minimum absolute atomic E-state index is 0.836. The van der Waals surface area contributed by atoms with Gasteiger partial charge in [-0.25, -0.2) is 0 Å². The molecule has 0 N–H and O–H groups in total. The Hall–Kier alpha value is -0.763. The van der Waals surface area contributed by atoms with E-state index in [-0.39, 0.29) is 0 Å². The van der Waals surface area contributed by atoms with Gasteiger partial charge in [-0.05, 0) is 18.6 Å². The molecule has 0 unspecified atom stereocenters. The first-order valence-corrected chi connectivity index (χ1v) is 9.27. The molecule has 0 aliphatic rings. The summed E-state index contributed by atoms with van der Waals surface area (Å²) in [6, 6.07) is 8.63. The lowest BCUT2D eigenvalue weighted by molar-refractivity contribution is 0.309. The monoisotopic (exact) mass is 222 g/mol. The number of hydrogen-bond donors (Lipinski definition) is 0. The standard InChI is InChI=1S/C13H22OSi/c1-5-6-11-14-12-7-9-13(10-8-12)15(2,3)4/h7-10H,5-6,11H2,1-4H3. The lowest BCUT2D eigenvalue weighted by Gasteiger charge is -2.16. The number of rotatable bonds is 5. The van der Waals surface area contributed by atoms with E-state index in [1.54, 1.807) is 0 Å². The molecule has 0 atom stereocenters. The summed E-state index contributed by atoms with van der Waals surface area (Å²) in [4.78, 5) is 0. The topological polar surface area (TPSA) is 9.23 Å². The van der Waals surface area contributed by atoms with Crippen molar-refractivity contribution in [1.29, 1.82) is 0 Å². The van der Waals surface area contributed by atoms with Crippen LogP contribution < -0.4 is 9.92 Å². The van der Waals surface area contributed by atoms with Gasteiger partial charge in [0, 0.05) is 0 Å². The Bertz CT molecular complexity index is 284. The van der Waals surface area contributed by atoms with Gasteiger partial charge in [-0.3, -0.25) is 0 Å². The highest BCUT2D eigenvalue weighted by atomic mass is 28.3. The van der Waals surface area contributed by atoms with E-state index in [9.17, 15) is 0 Å². The van der Waals surface area contributed by atoms with Crippen molar-refractivity contribution in [2.75, 3.05) is 6.61 Å². The van der Waals surface area contributed by atoms with E-state index in [2.05, 4.69) is 50.8 Å². The first-order chi connectivity index (χ1) is 7.04. The minimum Gasteiger partial charge on any atom is -0.494 e. The van der Waals surface area contributed by atoms with E-state index in [0.717, 1.165) is 18.8 Å². The third-order valence-corrected chi connectivity index (χ3v) is 4.55. The second kappa shape index (κ2) is 5.36. The van der Waals surface area contributed by atoms with Crippen molar-refractivity contribution in [3.05, 3.63) is 24.3 Å². The van der Waals surface area contributed by atoms with Crippen LogP contribution in [0.3, 0.4) is 0 Å². The minimum atomic E-state index is -1.15. The van der Waals surface area contributed by atoms with Crippen LogP contribution in [-0.4, -0.2) is 14.7 Å². The fraction of sp³-hybridized carbons (Fsp3) is 0.538. The summed E-state index contributed by atoms with van der Waals surface area (Å²) in [5.74, 6) is 1.01. The van der Waals surface area contributed by atoms with Crippen molar-refractivity contribution in [2.45, 2.75) is 39.4 Å². The number of unbranched alkanes of at least 4 members (excludes halogenated alkanes) is 1. The Morgan fingerprint density at radius 2 is 1.67 bits per heavy atom. The molecule has 84 valence electrons. The predicted octanol–water partition coefficient (Wildman–Crippen LogP) is 3.41. The molecule has 2 heteroatoms. The van der Waals surface area contributed by atoms with Crippen molar-refractivity contribution in [3.63, 3.8) is 0 Å². The Morgan fingerprint density at radius 1 is 1.07 bits per heavy atom. The Balaban J connectivity index is 2.57. The second-order valence-corrected chi connectivity index (χ2v) is 10.1. The summed E-state index contributed by atoms with van der Waals surface area (Å²) < 4.78 is 5.63. The molecule has 0 bridgehead atoms. The van der Waals surface area contributed by atoms with E-state index in [1.807, 2.05) is 0 Å². The van der Waals surface area contributed by atoms with Crippen LogP contribution in [0.5, 0.6) is 5.75 Å². The van der Waals surface area contributed by atoms with Gasteiger partial charge in [0.25, 0.3) is 0 Å². The van der Waals surface area contributed by atoms with Gasteiger partial charge in [0.2, 0.25) is 0 Å². The quantitative estimate of drug-likeness (QED) is 0.548. The van der Waals surface area contributed by atoms with Crippen LogP contribution in [0.2, 0.25) is 19.6 Å². The molecule has 0 amide bonds. The van der Waals surface area contributed by atoms with Crippen LogP contribution in [0.4, 0.5) is 0 Å². The van der Waals surface area contributed by atoms with Crippen LogP contribution in [0, 0.1) is 0 Å². The average molecular weight is 222 g/mol. The van der Waals surface area contributed by atoms with E-state index >= 15 is 0 Å². The van der Waals surface area contributed by atoms with Gasteiger partial charge in [0.15, 0.2) is 0 Å². The molecule has 0 heterocycles. The molecule has 1 aromatic rings. The lowest BCUT2D eigenvalue weighted by atomic mass is 10.3. The van der Waals surface area contributed by atoms with Gasteiger partial charge >= 0.3 is 0 Å². The molecule has 0 spiro atoms. The number of benzene rings is 1. The SMILES string of the molecule is CCCCOc1ccc([Si](C)(C)C)cc1.